The lowest BCUT2D eigenvalue weighted by Gasteiger charge is -2.28. The van der Waals surface area contributed by atoms with E-state index in [0.29, 0.717) is 24.3 Å². The number of nitrogens with zero attached hydrogens (tertiary/aromatic N) is 1. The quantitative estimate of drug-likeness (QED) is 0.800. The highest BCUT2D eigenvalue weighted by molar-refractivity contribution is 6.04. The van der Waals surface area contributed by atoms with E-state index in [-0.39, 0.29) is 23.9 Å². The molecule has 1 aromatic carbocycles. The molecule has 0 bridgehead atoms. The smallest absolute Gasteiger partial charge is 0.410 e. The Kier molecular flexibility index (Phi) is 6.93. The third-order valence-corrected chi connectivity index (χ3v) is 4.60. The Morgan fingerprint density at radius 1 is 1.10 bits per heavy atom. The van der Waals surface area contributed by atoms with Gasteiger partial charge in [-0.1, -0.05) is 32.9 Å². The minimum atomic E-state index is -0.568. The van der Waals surface area contributed by atoms with E-state index in [0.717, 1.165) is 12.8 Å². The van der Waals surface area contributed by atoms with Crippen molar-refractivity contribution in [3.8, 4) is 0 Å². The maximum absolute atomic E-state index is 12.8. The van der Waals surface area contributed by atoms with Gasteiger partial charge in [-0.2, -0.15) is 0 Å². The van der Waals surface area contributed by atoms with Crippen LogP contribution in [0.1, 0.15) is 64.7 Å². The van der Waals surface area contributed by atoms with Crippen molar-refractivity contribution >= 4 is 23.6 Å². The van der Waals surface area contributed by atoms with Crippen LogP contribution in [-0.4, -0.2) is 47.5 Å². The molecular formula is C22H33N3O4. The van der Waals surface area contributed by atoms with Crippen molar-refractivity contribution in [1.82, 2.24) is 10.2 Å². The number of ether oxygens (including phenoxy) is 1. The van der Waals surface area contributed by atoms with E-state index in [1.807, 2.05) is 41.5 Å². The first-order valence-corrected chi connectivity index (χ1v) is 10.1. The number of anilines is 1. The van der Waals surface area contributed by atoms with E-state index in [2.05, 4.69) is 10.6 Å². The fourth-order valence-electron chi connectivity index (χ4n) is 3.01. The topological polar surface area (TPSA) is 87.7 Å². The second-order valence-electron chi connectivity index (χ2n) is 9.43. The fraction of sp³-hybridized carbons (Fsp3) is 0.591. The fourth-order valence-corrected chi connectivity index (χ4v) is 3.01. The summed E-state index contributed by atoms with van der Waals surface area (Å²) in [6.45, 7) is 11.9. The number of nitrogens with one attached hydrogen (secondary N) is 2. The first-order valence-electron chi connectivity index (χ1n) is 10.1. The molecule has 3 amide bonds. The van der Waals surface area contributed by atoms with Crippen LogP contribution in [-0.2, 0) is 9.53 Å². The van der Waals surface area contributed by atoms with Crippen LogP contribution < -0.4 is 10.6 Å². The van der Waals surface area contributed by atoms with Crippen LogP contribution in [0.15, 0.2) is 24.3 Å². The monoisotopic (exact) mass is 403 g/mol. The van der Waals surface area contributed by atoms with Gasteiger partial charge in [0.05, 0.1) is 17.3 Å². The van der Waals surface area contributed by atoms with Crippen LogP contribution in [0.4, 0.5) is 10.5 Å². The number of carbonyl (C=O) groups excluding carboxylic acids is 3. The van der Waals surface area contributed by atoms with Gasteiger partial charge >= 0.3 is 6.09 Å². The van der Waals surface area contributed by atoms with Gasteiger partial charge in [0.2, 0.25) is 5.91 Å². The zero-order chi connectivity index (χ0) is 21.8. The standard InChI is InChI=1S/C22H33N3O4/c1-21(2,3)19(27)24-17-12-8-7-11-16(17)18(26)23-14-15-10-9-13-25(15)20(28)29-22(4,5)6/h7-8,11-12,15H,9-10,13-14H2,1-6H3,(H,23,26)(H,24,27)/t15-/m1/s1. The predicted molar refractivity (Wildman–Crippen MR) is 113 cm³/mol. The zero-order valence-corrected chi connectivity index (χ0v) is 18.3. The molecule has 2 N–H and O–H groups in total. The van der Waals surface area contributed by atoms with Gasteiger partial charge in [-0.25, -0.2) is 4.79 Å². The van der Waals surface area contributed by atoms with E-state index in [4.69, 9.17) is 4.74 Å². The first-order chi connectivity index (χ1) is 13.4. The highest BCUT2D eigenvalue weighted by Crippen LogP contribution is 2.22. The number of para-hydroxylation sites is 1. The SMILES string of the molecule is CC(C)(C)OC(=O)N1CCC[C@@H]1CNC(=O)c1ccccc1NC(=O)C(C)(C)C. The summed E-state index contributed by atoms with van der Waals surface area (Å²) in [5.41, 5.74) is -0.258. The molecule has 0 aliphatic carbocycles. The first kappa shape index (κ1) is 22.7. The number of hydrogen-bond donors (Lipinski definition) is 2. The lowest BCUT2D eigenvalue weighted by molar-refractivity contribution is -0.123. The Morgan fingerprint density at radius 3 is 2.38 bits per heavy atom. The molecule has 0 aromatic heterocycles. The number of benzene rings is 1. The lowest BCUT2D eigenvalue weighted by atomic mass is 9.95. The van der Waals surface area contributed by atoms with Crippen LogP contribution in [0.3, 0.4) is 0 Å². The van der Waals surface area contributed by atoms with Crippen LogP contribution in [0, 0.1) is 5.41 Å². The number of hydrogen-bond acceptors (Lipinski definition) is 4. The van der Waals surface area contributed by atoms with E-state index >= 15 is 0 Å². The summed E-state index contributed by atoms with van der Waals surface area (Å²) >= 11 is 0. The van der Waals surface area contributed by atoms with Crippen molar-refractivity contribution in [1.29, 1.82) is 0 Å². The van der Waals surface area contributed by atoms with Gasteiger partial charge in [0, 0.05) is 18.5 Å². The molecule has 0 spiro atoms. The number of likely N-dealkylation sites (tertiary alicyclic amines) is 1. The Balaban J connectivity index is 2.02. The summed E-state index contributed by atoms with van der Waals surface area (Å²) in [4.78, 5) is 39.1. The summed E-state index contributed by atoms with van der Waals surface area (Å²) in [5.74, 6) is -0.449. The normalized spacial score (nSPS) is 17.0. The molecule has 1 atom stereocenters. The number of carbonyl (C=O) groups is 3. The van der Waals surface area contributed by atoms with Crippen LogP contribution in [0.2, 0.25) is 0 Å². The third kappa shape index (κ3) is 6.48. The zero-order valence-electron chi connectivity index (χ0n) is 18.3. The number of amides is 3. The molecule has 1 aromatic rings. The maximum Gasteiger partial charge on any atom is 0.410 e. The Hall–Kier alpha value is -2.57. The summed E-state index contributed by atoms with van der Waals surface area (Å²) < 4.78 is 5.46. The molecule has 7 heteroatoms. The minimum absolute atomic E-state index is 0.106. The molecule has 0 radical (unpaired) electrons. The van der Waals surface area contributed by atoms with E-state index < -0.39 is 11.0 Å². The second kappa shape index (κ2) is 8.84. The van der Waals surface area contributed by atoms with Crippen molar-refractivity contribution in [3.05, 3.63) is 29.8 Å². The summed E-state index contributed by atoms with van der Waals surface area (Å²) in [6.07, 6.45) is 1.33. The molecule has 1 fully saturated rings. The molecule has 2 rings (SSSR count). The van der Waals surface area contributed by atoms with Gasteiger partial charge in [0.1, 0.15) is 5.60 Å². The molecule has 29 heavy (non-hydrogen) atoms. The molecule has 1 saturated heterocycles. The molecule has 1 aliphatic heterocycles. The summed E-state index contributed by atoms with van der Waals surface area (Å²) in [6, 6.07) is 6.81. The molecule has 1 heterocycles. The van der Waals surface area contributed by atoms with Gasteiger partial charge in [-0.3, -0.25) is 9.59 Å². The highest BCUT2D eigenvalue weighted by atomic mass is 16.6. The van der Waals surface area contributed by atoms with Gasteiger partial charge in [0.15, 0.2) is 0 Å². The molecule has 1 aliphatic rings. The van der Waals surface area contributed by atoms with Crippen molar-refractivity contribution in [2.24, 2.45) is 5.41 Å². The van der Waals surface area contributed by atoms with Crippen molar-refractivity contribution in [3.63, 3.8) is 0 Å². The van der Waals surface area contributed by atoms with E-state index in [1.165, 1.54) is 0 Å². The summed E-state index contributed by atoms with van der Waals surface area (Å²) in [7, 11) is 0. The lowest BCUT2D eigenvalue weighted by Crippen LogP contribution is -2.45. The molecule has 7 nitrogen and oxygen atoms in total. The van der Waals surface area contributed by atoms with E-state index in [9.17, 15) is 14.4 Å². The molecule has 0 saturated carbocycles. The van der Waals surface area contributed by atoms with Crippen LogP contribution in [0.5, 0.6) is 0 Å². The molecular weight excluding hydrogens is 370 g/mol. The largest absolute Gasteiger partial charge is 0.444 e. The van der Waals surface area contributed by atoms with Crippen molar-refractivity contribution in [2.75, 3.05) is 18.4 Å². The molecule has 0 unspecified atom stereocenters. The van der Waals surface area contributed by atoms with Crippen LogP contribution in [0.25, 0.3) is 0 Å². The predicted octanol–water partition coefficient (Wildman–Crippen LogP) is 3.80. The average Bonchev–Trinajstić information content (AvgIpc) is 3.06. The Bertz CT molecular complexity index is 762. The Labute approximate surface area is 173 Å². The van der Waals surface area contributed by atoms with Gasteiger partial charge < -0.3 is 20.3 Å². The van der Waals surface area contributed by atoms with Crippen LogP contribution >= 0.6 is 0 Å². The van der Waals surface area contributed by atoms with Gasteiger partial charge in [-0.05, 0) is 45.7 Å². The van der Waals surface area contributed by atoms with Gasteiger partial charge in [0.25, 0.3) is 5.91 Å². The third-order valence-electron chi connectivity index (χ3n) is 4.60. The molecule has 160 valence electrons. The average molecular weight is 404 g/mol. The summed E-state index contributed by atoms with van der Waals surface area (Å²) in [5, 5.41) is 5.73. The van der Waals surface area contributed by atoms with Gasteiger partial charge in [-0.15, -0.1) is 0 Å². The van der Waals surface area contributed by atoms with Crippen molar-refractivity contribution < 1.29 is 19.1 Å². The Morgan fingerprint density at radius 2 is 1.76 bits per heavy atom. The highest BCUT2D eigenvalue weighted by Gasteiger charge is 2.32. The minimum Gasteiger partial charge on any atom is -0.444 e. The number of rotatable bonds is 4. The second-order valence-corrected chi connectivity index (χ2v) is 9.43. The van der Waals surface area contributed by atoms with Crippen molar-refractivity contribution in [2.45, 2.75) is 66.0 Å². The maximum atomic E-state index is 12.8. The van der Waals surface area contributed by atoms with E-state index in [1.54, 1.807) is 29.2 Å².